The lowest BCUT2D eigenvalue weighted by Crippen LogP contribution is -2.48. The van der Waals surface area contributed by atoms with Crippen molar-refractivity contribution in [2.24, 2.45) is 4.99 Å². The average molecular weight is 571 g/mol. The molecule has 1 aromatic heterocycles. The van der Waals surface area contributed by atoms with E-state index in [9.17, 15) is 0 Å². The molecule has 6 nitrogen and oxygen atoms in total. The predicted molar refractivity (Wildman–Crippen MR) is 143 cm³/mol. The lowest BCUT2D eigenvalue weighted by molar-refractivity contribution is -0.0390. The number of halogens is 1. The van der Waals surface area contributed by atoms with Gasteiger partial charge >= 0.3 is 0 Å². The van der Waals surface area contributed by atoms with Crippen molar-refractivity contribution >= 4 is 46.3 Å². The lowest BCUT2D eigenvalue weighted by Gasteiger charge is -2.33. The maximum Gasteiger partial charge on any atom is 0.191 e. The van der Waals surface area contributed by atoms with Crippen molar-refractivity contribution in [3.05, 3.63) is 52.9 Å². The van der Waals surface area contributed by atoms with E-state index >= 15 is 0 Å². The molecule has 0 spiro atoms. The molecular weight excluding hydrogens is 535 g/mol. The Kier molecular flexibility index (Phi) is 10.6. The van der Waals surface area contributed by atoms with Gasteiger partial charge < -0.3 is 25.0 Å². The zero-order valence-electron chi connectivity index (χ0n) is 18.8. The van der Waals surface area contributed by atoms with Crippen LogP contribution in [0.1, 0.15) is 36.8 Å². The van der Waals surface area contributed by atoms with Crippen molar-refractivity contribution in [1.29, 1.82) is 0 Å². The van der Waals surface area contributed by atoms with Crippen LogP contribution in [0.25, 0.3) is 0 Å². The van der Waals surface area contributed by atoms with E-state index < -0.39 is 0 Å². The van der Waals surface area contributed by atoms with Crippen LogP contribution in [0.3, 0.4) is 0 Å². The van der Waals surface area contributed by atoms with Crippen LogP contribution in [-0.2, 0) is 22.6 Å². The van der Waals surface area contributed by atoms with Crippen LogP contribution in [0.4, 0.5) is 5.00 Å². The van der Waals surface area contributed by atoms with Crippen molar-refractivity contribution in [1.82, 2.24) is 10.6 Å². The molecule has 3 heterocycles. The van der Waals surface area contributed by atoms with Gasteiger partial charge in [-0.15, -0.1) is 35.3 Å². The Labute approximate surface area is 212 Å². The highest BCUT2D eigenvalue weighted by Gasteiger charge is 2.20. The second-order valence-corrected chi connectivity index (χ2v) is 9.15. The second kappa shape index (κ2) is 13.4. The van der Waals surface area contributed by atoms with E-state index in [1.807, 2.05) is 18.4 Å². The minimum absolute atomic E-state index is 0. The van der Waals surface area contributed by atoms with E-state index in [0.717, 1.165) is 64.5 Å². The standard InChI is InChI=1S/C24H34N4O2S.HI/c1-25-24(27-21-8-12-28(13-9-21)23-3-2-16-31-23)26-17-19-4-6-20(7-5-19)18-30-22-10-14-29-15-11-22;/h2-7,16,21-22H,8-15,17-18H2,1H3,(H2,25,26,27);1H. The number of nitrogens with zero attached hydrogens (tertiary/aromatic N) is 2. The maximum absolute atomic E-state index is 6.01. The van der Waals surface area contributed by atoms with Crippen molar-refractivity contribution in [2.75, 3.05) is 38.3 Å². The van der Waals surface area contributed by atoms with E-state index in [4.69, 9.17) is 9.47 Å². The number of rotatable bonds is 7. The third-order valence-electron chi connectivity index (χ3n) is 6.01. The van der Waals surface area contributed by atoms with Gasteiger partial charge in [0.2, 0.25) is 0 Å². The molecule has 0 unspecified atom stereocenters. The molecule has 2 N–H and O–H groups in total. The summed E-state index contributed by atoms with van der Waals surface area (Å²) in [6, 6.07) is 13.5. The number of guanidine groups is 1. The molecule has 32 heavy (non-hydrogen) atoms. The van der Waals surface area contributed by atoms with Gasteiger partial charge in [0.1, 0.15) is 0 Å². The van der Waals surface area contributed by atoms with Crippen LogP contribution in [0.15, 0.2) is 46.8 Å². The molecule has 176 valence electrons. The molecule has 0 aliphatic carbocycles. The second-order valence-electron chi connectivity index (χ2n) is 8.22. The number of hydrogen-bond donors (Lipinski definition) is 2. The highest BCUT2D eigenvalue weighted by atomic mass is 127. The van der Waals surface area contributed by atoms with Crippen molar-refractivity contribution in [3.63, 3.8) is 0 Å². The fourth-order valence-corrected chi connectivity index (χ4v) is 4.86. The number of anilines is 1. The minimum atomic E-state index is 0. The molecule has 0 saturated carbocycles. The number of piperidine rings is 1. The highest BCUT2D eigenvalue weighted by Crippen LogP contribution is 2.24. The molecule has 4 rings (SSSR count). The number of nitrogens with one attached hydrogen (secondary N) is 2. The maximum atomic E-state index is 6.01. The summed E-state index contributed by atoms with van der Waals surface area (Å²) in [4.78, 5) is 6.90. The van der Waals surface area contributed by atoms with Crippen LogP contribution in [0, 0.1) is 0 Å². The number of ether oxygens (including phenoxy) is 2. The molecule has 8 heteroatoms. The van der Waals surface area contributed by atoms with Gasteiger partial charge in [0, 0.05) is 45.9 Å². The summed E-state index contributed by atoms with van der Waals surface area (Å²) in [5.74, 6) is 0.876. The molecule has 2 fully saturated rings. The van der Waals surface area contributed by atoms with Gasteiger partial charge in [-0.1, -0.05) is 24.3 Å². The Morgan fingerprint density at radius 3 is 2.47 bits per heavy atom. The van der Waals surface area contributed by atoms with Crippen molar-refractivity contribution in [3.8, 4) is 0 Å². The van der Waals surface area contributed by atoms with E-state index in [0.29, 0.717) is 18.8 Å². The van der Waals surface area contributed by atoms with Crippen molar-refractivity contribution in [2.45, 2.75) is 51.0 Å². The SMILES string of the molecule is CN=C(NCc1ccc(COC2CCOCC2)cc1)NC1CCN(c2cccs2)CC1.I. The fraction of sp³-hybridized carbons (Fsp3) is 0.542. The highest BCUT2D eigenvalue weighted by molar-refractivity contribution is 14.0. The van der Waals surface area contributed by atoms with E-state index in [1.54, 1.807) is 0 Å². The first kappa shape index (κ1) is 25.3. The first-order valence-electron chi connectivity index (χ1n) is 11.3. The Morgan fingerprint density at radius 2 is 1.81 bits per heavy atom. The van der Waals surface area contributed by atoms with E-state index in [2.05, 4.69) is 62.3 Å². The molecule has 2 aromatic rings. The molecule has 0 bridgehead atoms. The summed E-state index contributed by atoms with van der Waals surface area (Å²) in [5, 5.41) is 10.6. The smallest absolute Gasteiger partial charge is 0.191 e. The molecule has 2 aliphatic rings. The topological polar surface area (TPSA) is 58.1 Å². The molecule has 1 aromatic carbocycles. The third-order valence-corrected chi connectivity index (χ3v) is 6.94. The Bertz CT molecular complexity index is 802. The molecule has 0 atom stereocenters. The first-order chi connectivity index (χ1) is 15.3. The summed E-state index contributed by atoms with van der Waals surface area (Å²) in [7, 11) is 1.84. The van der Waals surface area contributed by atoms with Gasteiger partial charge in [-0.2, -0.15) is 0 Å². The molecule has 0 radical (unpaired) electrons. The largest absolute Gasteiger partial charge is 0.381 e. The Morgan fingerprint density at radius 1 is 1.09 bits per heavy atom. The van der Waals surface area contributed by atoms with Gasteiger partial charge in [-0.3, -0.25) is 4.99 Å². The normalized spacial score (nSPS) is 18.3. The summed E-state index contributed by atoms with van der Waals surface area (Å²) < 4.78 is 11.4. The first-order valence-corrected chi connectivity index (χ1v) is 12.2. The summed E-state index contributed by atoms with van der Waals surface area (Å²) >= 11 is 1.82. The van der Waals surface area contributed by atoms with E-state index in [1.165, 1.54) is 16.1 Å². The van der Waals surface area contributed by atoms with Crippen LogP contribution >= 0.6 is 35.3 Å². The average Bonchev–Trinajstić information content (AvgIpc) is 3.37. The monoisotopic (exact) mass is 570 g/mol. The Balaban J connectivity index is 0.00000289. The van der Waals surface area contributed by atoms with Crippen LogP contribution in [0.2, 0.25) is 0 Å². The van der Waals surface area contributed by atoms with Crippen LogP contribution < -0.4 is 15.5 Å². The number of thiophene rings is 1. The van der Waals surface area contributed by atoms with Crippen LogP contribution in [0.5, 0.6) is 0 Å². The van der Waals surface area contributed by atoms with Gasteiger partial charge in [0.05, 0.1) is 17.7 Å². The Hall–Kier alpha value is -1.36. The third kappa shape index (κ3) is 7.60. The molecule has 0 amide bonds. The zero-order chi connectivity index (χ0) is 21.3. The molecular formula is C24H35IN4O2S. The zero-order valence-corrected chi connectivity index (χ0v) is 21.9. The number of benzene rings is 1. The molecule has 2 aliphatic heterocycles. The minimum Gasteiger partial charge on any atom is -0.381 e. The summed E-state index contributed by atoms with van der Waals surface area (Å²) in [6.07, 6.45) is 4.59. The fourth-order valence-electron chi connectivity index (χ4n) is 4.08. The molecule has 2 saturated heterocycles. The van der Waals surface area contributed by atoms with Gasteiger partial charge in [0.25, 0.3) is 0 Å². The van der Waals surface area contributed by atoms with Gasteiger partial charge in [0.15, 0.2) is 5.96 Å². The van der Waals surface area contributed by atoms with Crippen molar-refractivity contribution < 1.29 is 9.47 Å². The van der Waals surface area contributed by atoms with E-state index in [-0.39, 0.29) is 24.0 Å². The quantitative estimate of drug-likeness (QED) is 0.294. The predicted octanol–water partition coefficient (Wildman–Crippen LogP) is 4.40. The van der Waals surface area contributed by atoms with Gasteiger partial charge in [-0.05, 0) is 54.3 Å². The number of aliphatic imine (C=N–C) groups is 1. The van der Waals surface area contributed by atoms with Gasteiger partial charge in [-0.25, -0.2) is 0 Å². The summed E-state index contributed by atoms with van der Waals surface area (Å²) in [5.41, 5.74) is 2.46. The number of hydrogen-bond acceptors (Lipinski definition) is 5. The van der Waals surface area contributed by atoms with Crippen LogP contribution in [-0.4, -0.2) is 51.5 Å². The summed E-state index contributed by atoms with van der Waals surface area (Å²) in [6.45, 7) is 5.25. The lowest BCUT2D eigenvalue weighted by atomic mass is 10.1.